The minimum Gasteiger partial charge on any atom is -0.496 e. The van der Waals surface area contributed by atoms with Crippen LogP contribution in [0.4, 0.5) is 0 Å². The molecular weight excluding hydrogens is 390 g/mol. The van der Waals surface area contributed by atoms with Crippen LogP contribution < -0.4 is 9.47 Å². The Morgan fingerprint density at radius 2 is 1.74 bits per heavy atom. The minimum atomic E-state index is -3.68. The summed E-state index contributed by atoms with van der Waals surface area (Å²) in [6, 6.07) is 9.91. The maximum Gasteiger partial charge on any atom is 0.243 e. The molecule has 0 saturated heterocycles. The van der Waals surface area contributed by atoms with Crippen LogP contribution in [0.25, 0.3) is 0 Å². The number of aryl methyl sites for hydroxylation is 1. The van der Waals surface area contributed by atoms with Crippen LogP contribution in [-0.2, 0) is 21.3 Å². The van der Waals surface area contributed by atoms with E-state index < -0.39 is 10.0 Å². The zero-order valence-corrected chi connectivity index (χ0v) is 17.4. The molecule has 27 heavy (non-hydrogen) atoms. The van der Waals surface area contributed by atoms with E-state index in [9.17, 15) is 8.42 Å². The van der Waals surface area contributed by atoms with Crippen LogP contribution in [0, 0.1) is 6.92 Å². The highest BCUT2D eigenvalue weighted by Crippen LogP contribution is 2.27. The molecule has 148 valence electrons. The van der Waals surface area contributed by atoms with Crippen molar-refractivity contribution in [2.75, 3.05) is 34.5 Å². The summed E-state index contributed by atoms with van der Waals surface area (Å²) in [5.41, 5.74) is 1.42. The number of halogens is 1. The first-order valence-electron chi connectivity index (χ1n) is 8.30. The fourth-order valence-corrected chi connectivity index (χ4v) is 3.98. The van der Waals surface area contributed by atoms with E-state index in [1.54, 1.807) is 44.4 Å². The Hall–Kier alpha value is -1.80. The molecule has 0 aliphatic heterocycles. The molecule has 0 spiro atoms. The van der Waals surface area contributed by atoms with Gasteiger partial charge in [0.2, 0.25) is 10.0 Å². The number of methoxy groups -OCH3 is 2. The topological polar surface area (TPSA) is 65.1 Å². The smallest absolute Gasteiger partial charge is 0.243 e. The lowest BCUT2D eigenvalue weighted by Crippen LogP contribution is -2.26. The number of nitrogens with zero attached hydrogens (tertiary/aromatic N) is 1. The number of ether oxygens (including phenoxy) is 3. The second kappa shape index (κ2) is 9.41. The van der Waals surface area contributed by atoms with Crippen molar-refractivity contribution in [3.63, 3.8) is 0 Å². The second-order valence-electron chi connectivity index (χ2n) is 5.99. The number of benzene rings is 2. The van der Waals surface area contributed by atoms with Crippen molar-refractivity contribution in [3.05, 3.63) is 52.5 Å². The highest BCUT2D eigenvalue weighted by atomic mass is 35.5. The normalized spacial score (nSPS) is 11.6. The average Bonchev–Trinajstić information content (AvgIpc) is 2.63. The van der Waals surface area contributed by atoms with Crippen LogP contribution in [-0.4, -0.2) is 47.2 Å². The van der Waals surface area contributed by atoms with Gasteiger partial charge in [0.25, 0.3) is 0 Å². The standard InChI is InChI=1S/C19H24ClNO5S/c1-14-11-17(6-8-18(14)26-10-9-24-3)27(22,23)21(2)13-15-12-16(20)5-7-19(15)25-4/h5-8,11-12H,9-10,13H2,1-4H3. The zero-order chi connectivity index (χ0) is 20.0. The third kappa shape index (κ3) is 5.35. The Morgan fingerprint density at radius 3 is 2.37 bits per heavy atom. The minimum absolute atomic E-state index is 0.136. The van der Waals surface area contributed by atoms with Crippen molar-refractivity contribution < 1.29 is 22.6 Å². The summed E-state index contributed by atoms with van der Waals surface area (Å²) in [4.78, 5) is 0.197. The van der Waals surface area contributed by atoms with Crippen molar-refractivity contribution in [2.24, 2.45) is 0 Å². The van der Waals surface area contributed by atoms with Gasteiger partial charge in [-0.1, -0.05) is 11.6 Å². The highest BCUT2D eigenvalue weighted by Gasteiger charge is 2.23. The molecule has 2 aromatic carbocycles. The summed E-state index contributed by atoms with van der Waals surface area (Å²) in [6.07, 6.45) is 0. The van der Waals surface area contributed by atoms with E-state index in [0.29, 0.717) is 35.3 Å². The summed E-state index contributed by atoms with van der Waals surface area (Å²) in [5.74, 6) is 1.21. The molecule has 0 aliphatic rings. The summed E-state index contributed by atoms with van der Waals surface area (Å²) in [6.45, 7) is 2.81. The van der Waals surface area contributed by atoms with Gasteiger partial charge in [-0.2, -0.15) is 4.31 Å². The largest absolute Gasteiger partial charge is 0.496 e. The van der Waals surface area contributed by atoms with E-state index in [0.717, 1.165) is 5.56 Å². The van der Waals surface area contributed by atoms with E-state index >= 15 is 0 Å². The summed E-state index contributed by atoms with van der Waals surface area (Å²) in [7, 11) is 0.965. The molecule has 0 aromatic heterocycles. The third-order valence-corrected chi connectivity index (χ3v) is 6.07. The Morgan fingerprint density at radius 1 is 1.04 bits per heavy atom. The van der Waals surface area contributed by atoms with Crippen LogP contribution in [0.3, 0.4) is 0 Å². The maximum atomic E-state index is 12.9. The Bertz CT molecular complexity index is 886. The molecule has 0 heterocycles. The monoisotopic (exact) mass is 413 g/mol. The van der Waals surface area contributed by atoms with Gasteiger partial charge in [0.1, 0.15) is 18.1 Å². The number of rotatable bonds is 9. The molecule has 0 fully saturated rings. The van der Waals surface area contributed by atoms with Gasteiger partial charge in [-0.25, -0.2) is 8.42 Å². The summed E-state index contributed by atoms with van der Waals surface area (Å²) >= 11 is 6.03. The summed E-state index contributed by atoms with van der Waals surface area (Å²) < 4.78 is 43.0. The molecule has 0 atom stereocenters. The van der Waals surface area contributed by atoms with Crippen molar-refractivity contribution >= 4 is 21.6 Å². The Labute approximate surface area is 165 Å². The molecule has 0 amide bonds. The van der Waals surface area contributed by atoms with Crippen LogP contribution in [0.5, 0.6) is 11.5 Å². The van der Waals surface area contributed by atoms with Crippen molar-refractivity contribution in [2.45, 2.75) is 18.4 Å². The molecule has 0 N–H and O–H groups in total. The van der Waals surface area contributed by atoms with Gasteiger partial charge in [-0.15, -0.1) is 0 Å². The third-order valence-electron chi connectivity index (χ3n) is 4.04. The molecular formula is C19H24ClNO5S. The van der Waals surface area contributed by atoms with Gasteiger partial charge < -0.3 is 14.2 Å². The molecule has 0 unspecified atom stereocenters. The van der Waals surface area contributed by atoms with E-state index in [-0.39, 0.29) is 11.4 Å². The lowest BCUT2D eigenvalue weighted by molar-refractivity contribution is 0.146. The number of sulfonamides is 1. The molecule has 2 rings (SSSR count). The van der Waals surface area contributed by atoms with E-state index in [1.807, 2.05) is 0 Å². The lowest BCUT2D eigenvalue weighted by Gasteiger charge is -2.20. The second-order valence-corrected chi connectivity index (χ2v) is 8.47. The van der Waals surface area contributed by atoms with Gasteiger partial charge in [-0.3, -0.25) is 0 Å². The molecule has 0 bridgehead atoms. The van der Waals surface area contributed by atoms with Crippen LogP contribution >= 0.6 is 11.6 Å². The van der Waals surface area contributed by atoms with E-state index in [1.165, 1.54) is 24.5 Å². The molecule has 0 saturated carbocycles. The Balaban J connectivity index is 2.22. The molecule has 0 radical (unpaired) electrons. The quantitative estimate of drug-likeness (QED) is 0.588. The molecule has 8 heteroatoms. The maximum absolute atomic E-state index is 12.9. The number of hydrogen-bond donors (Lipinski definition) is 0. The van der Waals surface area contributed by atoms with Crippen molar-refractivity contribution in [3.8, 4) is 11.5 Å². The van der Waals surface area contributed by atoms with Gasteiger partial charge >= 0.3 is 0 Å². The van der Waals surface area contributed by atoms with E-state index in [2.05, 4.69) is 0 Å². The highest BCUT2D eigenvalue weighted by molar-refractivity contribution is 7.89. The van der Waals surface area contributed by atoms with Crippen molar-refractivity contribution in [1.82, 2.24) is 4.31 Å². The van der Waals surface area contributed by atoms with Gasteiger partial charge in [0, 0.05) is 31.3 Å². The lowest BCUT2D eigenvalue weighted by atomic mass is 10.2. The van der Waals surface area contributed by atoms with E-state index in [4.69, 9.17) is 25.8 Å². The fourth-order valence-electron chi connectivity index (χ4n) is 2.55. The zero-order valence-electron chi connectivity index (χ0n) is 15.9. The predicted octanol–water partition coefficient (Wildman–Crippen LogP) is 3.50. The van der Waals surface area contributed by atoms with Crippen molar-refractivity contribution in [1.29, 1.82) is 0 Å². The first-order valence-corrected chi connectivity index (χ1v) is 10.1. The van der Waals surface area contributed by atoms with Gasteiger partial charge in [0.05, 0.1) is 18.6 Å². The van der Waals surface area contributed by atoms with Crippen LogP contribution in [0.1, 0.15) is 11.1 Å². The average molecular weight is 414 g/mol. The summed E-state index contributed by atoms with van der Waals surface area (Å²) in [5, 5.41) is 0.519. The SMILES string of the molecule is COCCOc1ccc(S(=O)(=O)N(C)Cc2cc(Cl)ccc2OC)cc1C. The van der Waals surface area contributed by atoms with Gasteiger partial charge in [-0.05, 0) is 48.9 Å². The Kier molecular flexibility index (Phi) is 7.49. The molecule has 2 aromatic rings. The predicted molar refractivity (Wildman–Crippen MR) is 105 cm³/mol. The molecule has 6 nitrogen and oxygen atoms in total. The number of hydrogen-bond acceptors (Lipinski definition) is 5. The fraction of sp³-hybridized carbons (Fsp3) is 0.368. The van der Waals surface area contributed by atoms with Gasteiger partial charge in [0.15, 0.2) is 0 Å². The van der Waals surface area contributed by atoms with Crippen LogP contribution in [0.15, 0.2) is 41.3 Å². The molecule has 0 aliphatic carbocycles. The first kappa shape index (κ1) is 21.5. The first-order chi connectivity index (χ1) is 12.8. The van der Waals surface area contributed by atoms with Crippen LogP contribution in [0.2, 0.25) is 5.02 Å².